The summed E-state index contributed by atoms with van der Waals surface area (Å²) in [4.78, 5) is 25.9. The van der Waals surface area contributed by atoms with Crippen molar-refractivity contribution in [1.29, 1.82) is 0 Å². The van der Waals surface area contributed by atoms with Crippen LogP contribution in [0.5, 0.6) is 0 Å². The van der Waals surface area contributed by atoms with Crippen LogP contribution in [0.15, 0.2) is 24.4 Å². The molecule has 1 heterocycles. The van der Waals surface area contributed by atoms with E-state index in [1.54, 1.807) is 6.07 Å². The minimum Gasteiger partial charge on any atom is -0.463 e. The third-order valence-corrected chi connectivity index (χ3v) is 1.64. The fraction of sp³-hybridized carbons (Fsp3) is 0.300. The average Bonchev–Trinajstić information content (AvgIpc) is 2.28. The Balaban J connectivity index is 2.73. The van der Waals surface area contributed by atoms with E-state index in [4.69, 9.17) is 0 Å². The largest absolute Gasteiger partial charge is 0.463 e. The molecule has 4 nitrogen and oxygen atoms in total. The zero-order valence-electron chi connectivity index (χ0n) is 8.14. The summed E-state index contributed by atoms with van der Waals surface area (Å²) >= 11 is 0. The van der Waals surface area contributed by atoms with Crippen LogP contribution in [0.3, 0.4) is 0 Å². The smallest absolute Gasteiger partial charge is 0.349 e. The van der Waals surface area contributed by atoms with Crippen LogP contribution < -0.4 is 0 Å². The highest BCUT2D eigenvalue weighted by Gasteiger charge is 2.29. The first-order valence-electron chi connectivity index (χ1n) is 4.42. The molecule has 0 spiro atoms. The lowest BCUT2D eigenvalue weighted by Gasteiger charge is -2.05. The molecule has 0 aliphatic carbocycles. The van der Waals surface area contributed by atoms with Crippen molar-refractivity contribution in [3.63, 3.8) is 0 Å². The maximum absolute atomic E-state index is 13.2. The Morgan fingerprint density at radius 3 is 2.80 bits per heavy atom. The number of nitrogens with zero attached hydrogens (tertiary/aromatic N) is 1. The Bertz CT molecular complexity index is 353. The molecule has 0 aliphatic rings. The van der Waals surface area contributed by atoms with E-state index in [1.807, 2.05) is 0 Å². The number of rotatable bonds is 4. The molecule has 0 saturated heterocycles. The third kappa shape index (κ3) is 2.83. The van der Waals surface area contributed by atoms with Gasteiger partial charge in [0.05, 0.1) is 6.61 Å². The maximum atomic E-state index is 13.2. The topological polar surface area (TPSA) is 56.3 Å². The van der Waals surface area contributed by atoms with Crippen molar-refractivity contribution in [1.82, 2.24) is 4.98 Å². The molecule has 1 atom stereocenters. The lowest BCUT2D eigenvalue weighted by atomic mass is 10.2. The molecule has 0 aliphatic heterocycles. The highest BCUT2D eigenvalue weighted by Crippen LogP contribution is 2.05. The molecule has 0 radical (unpaired) electrons. The average molecular weight is 211 g/mol. The number of carbonyl (C=O) groups is 2. The fourth-order valence-electron chi connectivity index (χ4n) is 0.961. The summed E-state index contributed by atoms with van der Waals surface area (Å²) in [5.41, 5.74) is -0.0851. The highest BCUT2D eigenvalue weighted by molar-refractivity contribution is 6.09. The van der Waals surface area contributed by atoms with Crippen LogP contribution in [0.4, 0.5) is 4.39 Å². The van der Waals surface area contributed by atoms with E-state index in [2.05, 4.69) is 9.72 Å². The van der Waals surface area contributed by atoms with Gasteiger partial charge >= 0.3 is 5.97 Å². The number of alkyl halides is 1. The summed E-state index contributed by atoms with van der Waals surface area (Å²) in [6.45, 7) is 1.57. The SMILES string of the molecule is CCOC(=O)C(F)C(=O)c1ccccn1. The minimum atomic E-state index is -2.29. The molecule has 1 aromatic heterocycles. The molecule has 0 amide bonds. The van der Waals surface area contributed by atoms with Crippen LogP contribution in [0.1, 0.15) is 17.4 Å². The molecular formula is C10H10FNO3. The zero-order valence-corrected chi connectivity index (χ0v) is 8.14. The molecule has 0 saturated carbocycles. The number of carbonyl (C=O) groups excluding carboxylic acids is 2. The molecule has 1 unspecified atom stereocenters. The van der Waals surface area contributed by atoms with Gasteiger partial charge < -0.3 is 4.74 Å². The van der Waals surface area contributed by atoms with Crippen molar-refractivity contribution in [2.45, 2.75) is 13.1 Å². The lowest BCUT2D eigenvalue weighted by Crippen LogP contribution is -2.28. The van der Waals surface area contributed by atoms with E-state index in [0.717, 1.165) is 0 Å². The minimum absolute atomic E-state index is 0.0365. The van der Waals surface area contributed by atoms with Gasteiger partial charge in [-0.05, 0) is 19.1 Å². The first-order valence-corrected chi connectivity index (χ1v) is 4.42. The molecule has 5 heteroatoms. The van der Waals surface area contributed by atoms with Gasteiger partial charge in [0.1, 0.15) is 5.69 Å². The lowest BCUT2D eigenvalue weighted by molar-refractivity contribution is -0.147. The van der Waals surface area contributed by atoms with E-state index in [9.17, 15) is 14.0 Å². The predicted molar refractivity (Wildman–Crippen MR) is 50.1 cm³/mol. The van der Waals surface area contributed by atoms with E-state index >= 15 is 0 Å². The number of esters is 1. The molecule has 80 valence electrons. The van der Waals surface area contributed by atoms with Crippen molar-refractivity contribution in [3.05, 3.63) is 30.1 Å². The summed E-state index contributed by atoms with van der Waals surface area (Å²) in [6, 6.07) is 4.47. The number of ketones is 1. The summed E-state index contributed by atoms with van der Waals surface area (Å²) in [5, 5.41) is 0. The maximum Gasteiger partial charge on any atom is 0.349 e. The van der Waals surface area contributed by atoms with Gasteiger partial charge in [-0.2, -0.15) is 0 Å². The van der Waals surface area contributed by atoms with Gasteiger partial charge in [0.2, 0.25) is 5.78 Å². The van der Waals surface area contributed by atoms with Gasteiger partial charge in [-0.15, -0.1) is 0 Å². The van der Waals surface area contributed by atoms with Crippen LogP contribution in [-0.2, 0) is 9.53 Å². The van der Waals surface area contributed by atoms with Crippen LogP contribution in [0.2, 0.25) is 0 Å². The summed E-state index contributed by atoms with van der Waals surface area (Å²) in [5.74, 6) is -2.15. The number of pyridine rings is 1. The molecule has 0 N–H and O–H groups in total. The standard InChI is InChI=1S/C10H10FNO3/c1-2-15-10(14)8(11)9(13)7-5-3-4-6-12-7/h3-6,8H,2H2,1H3. The zero-order chi connectivity index (χ0) is 11.3. The van der Waals surface area contributed by atoms with Gasteiger partial charge in [0.25, 0.3) is 6.17 Å². The third-order valence-electron chi connectivity index (χ3n) is 1.64. The molecular weight excluding hydrogens is 201 g/mol. The Morgan fingerprint density at radius 2 is 2.27 bits per heavy atom. The van der Waals surface area contributed by atoms with Crippen LogP contribution in [-0.4, -0.2) is 29.5 Å². The van der Waals surface area contributed by atoms with Crippen molar-refractivity contribution >= 4 is 11.8 Å². The first kappa shape index (κ1) is 11.3. The van der Waals surface area contributed by atoms with E-state index in [-0.39, 0.29) is 12.3 Å². The second-order valence-corrected chi connectivity index (χ2v) is 2.69. The summed E-state index contributed by atoms with van der Waals surface area (Å²) in [7, 11) is 0. The predicted octanol–water partition coefficient (Wildman–Crippen LogP) is 1.17. The fourth-order valence-corrected chi connectivity index (χ4v) is 0.961. The Labute approximate surface area is 86.1 Å². The van der Waals surface area contributed by atoms with Crippen LogP contribution >= 0.6 is 0 Å². The number of hydrogen-bond donors (Lipinski definition) is 0. The van der Waals surface area contributed by atoms with Gasteiger partial charge in [-0.3, -0.25) is 9.78 Å². The van der Waals surface area contributed by atoms with E-state index in [1.165, 1.54) is 25.3 Å². The first-order chi connectivity index (χ1) is 7.16. The van der Waals surface area contributed by atoms with Gasteiger partial charge in [-0.1, -0.05) is 6.07 Å². The number of hydrogen-bond acceptors (Lipinski definition) is 4. The summed E-state index contributed by atoms with van der Waals surface area (Å²) < 4.78 is 17.6. The molecule has 15 heavy (non-hydrogen) atoms. The quantitative estimate of drug-likeness (QED) is 0.426. The molecule has 1 aromatic rings. The normalized spacial score (nSPS) is 11.9. The number of halogens is 1. The molecule has 1 rings (SSSR count). The van der Waals surface area contributed by atoms with Crippen molar-refractivity contribution < 1.29 is 18.7 Å². The van der Waals surface area contributed by atoms with Gasteiger partial charge in [0, 0.05) is 6.20 Å². The van der Waals surface area contributed by atoms with Crippen LogP contribution in [0.25, 0.3) is 0 Å². The van der Waals surface area contributed by atoms with Crippen molar-refractivity contribution in [3.8, 4) is 0 Å². The molecule has 0 fully saturated rings. The van der Waals surface area contributed by atoms with Crippen LogP contribution in [0, 0.1) is 0 Å². The molecule has 0 aromatic carbocycles. The summed E-state index contributed by atoms with van der Waals surface area (Å²) in [6.07, 6.45) is -0.940. The van der Waals surface area contributed by atoms with Gasteiger partial charge in [-0.25, -0.2) is 9.18 Å². The van der Waals surface area contributed by atoms with Gasteiger partial charge in [0.15, 0.2) is 0 Å². The number of aromatic nitrogens is 1. The Kier molecular flexibility index (Phi) is 3.91. The van der Waals surface area contributed by atoms with E-state index in [0.29, 0.717) is 0 Å². The highest BCUT2D eigenvalue weighted by atomic mass is 19.1. The van der Waals surface area contributed by atoms with E-state index < -0.39 is 17.9 Å². The van der Waals surface area contributed by atoms with Crippen molar-refractivity contribution in [2.75, 3.05) is 6.61 Å². The Morgan fingerprint density at radius 1 is 1.53 bits per heavy atom. The van der Waals surface area contributed by atoms with Crippen molar-refractivity contribution in [2.24, 2.45) is 0 Å². The monoisotopic (exact) mass is 211 g/mol. The number of Topliss-reactive ketones (excluding diaryl/α,β-unsaturated/α-hetero) is 1. The molecule has 0 bridgehead atoms. The second kappa shape index (κ2) is 5.19. The second-order valence-electron chi connectivity index (χ2n) is 2.69. The number of ether oxygens (including phenoxy) is 1. The Hall–Kier alpha value is -1.78.